The summed E-state index contributed by atoms with van der Waals surface area (Å²) in [5.41, 5.74) is -0.724. The highest BCUT2D eigenvalue weighted by Gasteiger charge is 2.33. The Balaban J connectivity index is 3.90. The number of rotatable bonds is 9. The van der Waals surface area contributed by atoms with Crippen LogP contribution in [0.5, 0.6) is 0 Å². The van der Waals surface area contributed by atoms with Gasteiger partial charge in [-0.15, -0.1) is 0 Å². The predicted octanol–water partition coefficient (Wildman–Crippen LogP) is 1.56. The summed E-state index contributed by atoms with van der Waals surface area (Å²) in [6, 6.07) is 0. The minimum atomic E-state index is -0.731. The fraction of sp³-hybridized carbons (Fsp3) is 0.917. The molecule has 0 saturated heterocycles. The Morgan fingerprint density at radius 1 is 1.25 bits per heavy atom. The first-order chi connectivity index (χ1) is 7.48. The first kappa shape index (κ1) is 15.4. The lowest BCUT2D eigenvalue weighted by atomic mass is 9.93. The van der Waals surface area contributed by atoms with Gasteiger partial charge >= 0.3 is 5.97 Å². The summed E-state index contributed by atoms with van der Waals surface area (Å²) in [6.07, 6.45) is 3.38. The molecular formula is C12H26N2O2. The topological polar surface area (TPSA) is 52.6 Å². The fourth-order valence-electron chi connectivity index (χ4n) is 1.76. The van der Waals surface area contributed by atoms with E-state index < -0.39 is 11.5 Å². The SMILES string of the molecule is CCC(CC)(NCCCCN(C)C)C(=O)O. The van der Waals surface area contributed by atoms with Gasteiger partial charge < -0.3 is 15.3 Å². The molecule has 0 aromatic heterocycles. The van der Waals surface area contributed by atoms with E-state index in [0.717, 1.165) is 25.9 Å². The van der Waals surface area contributed by atoms with E-state index in [2.05, 4.69) is 10.2 Å². The van der Waals surface area contributed by atoms with Crippen molar-refractivity contribution in [3.05, 3.63) is 0 Å². The third-order valence-corrected chi connectivity index (χ3v) is 3.11. The Labute approximate surface area is 99.0 Å². The van der Waals surface area contributed by atoms with Crippen LogP contribution in [0.1, 0.15) is 39.5 Å². The number of nitrogens with one attached hydrogen (secondary N) is 1. The molecule has 0 aliphatic carbocycles. The molecule has 2 N–H and O–H groups in total. The lowest BCUT2D eigenvalue weighted by Gasteiger charge is -2.28. The first-order valence-corrected chi connectivity index (χ1v) is 6.11. The average molecular weight is 230 g/mol. The van der Waals surface area contributed by atoms with Crippen LogP contribution in [0.15, 0.2) is 0 Å². The van der Waals surface area contributed by atoms with Crippen LogP contribution in [0.3, 0.4) is 0 Å². The molecule has 0 aliphatic rings. The van der Waals surface area contributed by atoms with Crippen LogP contribution in [0.4, 0.5) is 0 Å². The van der Waals surface area contributed by atoms with Crippen LogP contribution in [0.2, 0.25) is 0 Å². The van der Waals surface area contributed by atoms with Crippen LogP contribution < -0.4 is 5.32 Å². The normalized spacial score (nSPS) is 12.1. The summed E-state index contributed by atoms with van der Waals surface area (Å²) < 4.78 is 0. The van der Waals surface area contributed by atoms with Crippen molar-refractivity contribution >= 4 is 5.97 Å². The van der Waals surface area contributed by atoms with Gasteiger partial charge in [-0.1, -0.05) is 13.8 Å². The van der Waals surface area contributed by atoms with Gasteiger partial charge in [0, 0.05) is 0 Å². The number of carboxylic acids is 1. The molecule has 16 heavy (non-hydrogen) atoms. The average Bonchev–Trinajstić information content (AvgIpc) is 2.23. The summed E-state index contributed by atoms with van der Waals surface area (Å²) in [4.78, 5) is 13.3. The molecule has 4 nitrogen and oxygen atoms in total. The van der Waals surface area contributed by atoms with Gasteiger partial charge in [0.05, 0.1) is 0 Å². The van der Waals surface area contributed by atoms with Gasteiger partial charge in [-0.2, -0.15) is 0 Å². The van der Waals surface area contributed by atoms with E-state index in [1.54, 1.807) is 0 Å². The summed E-state index contributed by atoms with van der Waals surface area (Å²) in [5.74, 6) is -0.731. The molecule has 0 rings (SSSR count). The van der Waals surface area contributed by atoms with Crippen molar-refractivity contribution in [3.8, 4) is 0 Å². The van der Waals surface area contributed by atoms with Crippen LogP contribution >= 0.6 is 0 Å². The molecule has 0 amide bonds. The fourth-order valence-corrected chi connectivity index (χ4v) is 1.76. The second-order valence-electron chi connectivity index (χ2n) is 4.53. The number of aliphatic carboxylic acids is 1. The lowest BCUT2D eigenvalue weighted by molar-refractivity contribution is -0.145. The Kier molecular flexibility index (Phi) is 7.34. The largest absolute Gasteiger partial charge is 0.480 e. The predicted molar refractivity (Wildman–Crippen MR) is 66.7 cm³/mol. The highest BCUT2D eigenvalue weighted by molar-refractivity contribution is 5.78. The van der Waals surface area contributed by atoms with Crippen LogP contribution in [0.25, 0.3) is 0 Å². The quantitative estimate of drug-likeness (QED) is 0.590. The van der Waals surface area contributed by atoms with Crippen molar-refractivity contribution in [2.24, 2.45) is 0 Å². The molecule has 0 aromatic carbocycles. The zero-order valence-corrected chi connectivity index (χ0v) is 11.0. The smallest absolute Gasteiger partial charge is 0.323 e. The molecule has 0 atom stereocenters. The second kappa shape index (κ2) is 7.63. The maximum Gasteiger partial charge on any atom is 0.323 e. The third kappa shape index (κ3) is 4.94. The van der Waals surface area contributed by atoms with Crippen molar-refractivity contribution in [2.75, 3.05) is 27.2 Å². The minimum absolute atomic E-state index is 0.631. The Hall–Kier alpha value is -0.610. The maximum atomic E-state index is 11.2. The third-order valence-electron chi connectivity index (χ3n) is 3.11. The van der Waals surface area contributed by atoms with Crippen LogP contribution in [0, 0.1) is 0 Å². The Morgan fingerprint density at radius 3 is 2.19 bits per heavy atom. The molecule has 0 saturated carbocycles. The van der Waals surface area contributed by atoms with Gasteiger partial charge in [-0.25, -0.2) is 0 Å². The van der Waals surface area contributed by atoms with E-state index in [9.17, 15) is 9.90 Å². The molecule has 0 fully saturated rings. The highest BCUT2D eigenvalue weighted by Crippen LogP contribution is 2.15. The molecule has 0 aromatic rings. The van der Waals surface area contributed by atoms with Crippen molar-refractivity contribution in [3.63, 3.8) is 0 Å². The standard InChI is InChI=1S/C12H26N2O2/c1-5-12(6-2,11(15)16)13-9-7-8-10-14(3)4/h13H,5-10H2,1-4H3,(H,15,16). The number of unbranched alkanes of at least 4 members (excludes halogenated alkanes) is 1. The van der Waals surface area contributed by atoms with E-state index in [4.69, 9.17) is 0 Å². The van der Waals surface area contributed by atoms with Crippen LogP contribution in [-0.2, 0) is 4.79 Å². The maximum absolute atomic E-state index is 11.2. The van der Waals surface area contributed by atoms with Gasteiger partial charge in [0.2, 0.25) is 0 Å². The molecule has 0 heterocycles. The van der Waals surface area contributed by atoms with Gasteiger partial charge in [0.15, 0.2) is 0 Å². The molecular weight excluding hydrogens is 204 g/mol. The zero-order valence-electron chi connectivity index (χ0n) is 11.0. The van der Waals surface area contributed by atoms with Crippen molar-refractivity contribution in [1.29, 1.82) is 0 Å². The molecule has 96 valence electrons. The van der Waals surface area contributed by atoms with Crippen molar-refractivity contribution in [2.45, 2.75) is 45.1 Å². The minimum Gasteiger partial charge on any atom is -0.480 e. The molecule has 0 aliphatic heterocycles. The Morgan fingerprint density at radius 2 is 1.81 bits per heavy atom. The number of hydrogen-bond acceptors (Lipinski definition) is 3. The first-order valence-electron chi connectivity index (χ1n) is 6.11. The zero-order chi connectivity index (χ0) is 12.6. The number of carbonyl (C=O) groups is 1. The van der Waals surface area contributed by atoms with Crippen molar-refractivity contribution in [1.82, 2.24) is 10.2 Å². The molecule has 0 unspecified atom stereocenters. The van der Waals surface area contributed by atoms with Crippen LogP contribution in [-0.4, -0.2) is 48.7 Å². The van der Waals surface area contributed by atoms with E-state index >= 15 is 0 Å². The number of hydrogen-bond donors (Lipinski definition) is 2. The summed E-state index contributed by atoms with van der Waals surface area (Å²) in [5, 5.41) is 12.4. The van der Waals surface area contributed by atoms with E-state index in [1.165, 1.54) is 0 Å². The summed E-state index contributed by atoms with van der Waals surface area (Å²) in [6.45, 7) is 5.68. The van der Waals surface area contributed by atoms with E-state index in [-0.39, 0.29) is 0 Å². The lowest BCUT2D eigenvalue weighted by Crippen LogP contribution is -2.51. The molecule has 0 radical (unpaired) electrons. The van der Waals surface area contributed by atoms with Crippen molar-refractivity contribution < 1.29 is 9.90 Å². The molecule has 0 spiro atoms. The number of carboxylic acid groups (broad SMARTS) is 1. The van der Waals surface area contributed by atoms with Gasteiger partial charge in [-0.3, -0.25) is 4.79 Å². The van der Waals surface area contributed by atoms with Gasteiger partial charge in [-0.05, 0) is 52.9 Å². The highest BCUT2D eigenvalue weighted by atomic mass is 16.4. The van der Waals surface area contributed by atoms with Gasteiger partial charge in [0.1, 0.15) is 5.54 Å². The monoisotopic (exact) mass is 230 g/mol. The molecule has 0 bridgehead atoms. The van der Waals surface area contributed by atoms with E-state index in [0.29, 0.717) is 12.8 Å². The summed E-state index contributed by atoms with van der Waals surface area (Å²) >= 11 is 0. The summed E-state index contributed by atoms with van der Waals surface area (Å²) in [7, 11) is 4.10. The van der Waals surface area contributed by atoms with Gasteiger partial charge in [0.25, 0.3) is 0 Å². The second-order valence-corrected chi connectivity index (χ2v) is 4.53. The van der Waals surface area contributed by atoms with E-state index in [1.807, 2.05) is 27.9 Å². The molecule has 4 heteroatoms. The number of nitrogens with zero attached hydrogens (tertiary/aromatic N) is 1. The Bertz CT molecular complexity index is 201.